The highest BCUT2D eigenvalue weighted by atomic mass is 35.5. The van der Waals surface area contributed by atoms with E-state index in [9.17, 15) is 4.79 Å². The molecule has 1 aromatic carbocycles. The molecule has 1 rings (SSSR count). The summed E-state index contributed by atoms with van der Waals surface area (Å²) < 4.78 is 4.55. The van der Waals surface area contributed by atoms with Crippen molar-refractivity contribution in [2.75, 3.05) is 7.11 Å². The molecule has 2 nitrogen and oxygen atoms in total. The Balaban J connectivity index is 2.81. The van der Waals surface area contributed by atoms with Crippen molar-refractivity contribution < 1.29 is 9.53 Å². The molecule has 0 aromatic heterocycles. The maximum absolute atomic E-state index is 11.1. The fraction of sp³-hybridized carbons (Fsp3) is 0.364. The standard InChI is InChI=1S/C11H13ClO2/c1-3-8-4-6-9(7-5-8)10(12)11(13)14-2/h4-7,10H,3H2,1-2H3/t10-/m1/s1. The van der Waals surface area contributed by atoms with E-state index < -0.39 is 11.3 Å². The van der Waals surface area contributed by atoms with Crippen LogP contribution in [0.25, 0.3) is 0 Å². The number of halogens is 1. The Labute approximate surface area is 88.8 Å². The molecule has 76 valence electrons. The van der Waals surface area contributed by atoms with E-state index >= 15 is 0 Å². The van der Waals surface area contributed by atoms with Crippen LogP contribution < -0.4 is 0 Å². The molecule has 0 saturated carbocycles. The number of hydrogen-bond donors (Lipinski definition) is 0. The Morgan fingerprint density at radius 2 is 2.00 bits per heavy atom. The number of ether oxygens (including phenoxy) is 1. The number of carbonyl (C=O) groups excluding carboxylic acids is 1. The number of aryl methyl sites for hydroxylation is 1. The van der Waals surface area contributed by atoms with Crippen LogP contribution in [0.1, 0.15) is 23.4 Å². The highest BCUT2D eigenvalue weighted by molar-refractivity contribution is 6.29. The summed E-state index contributed by atoms with van der Waals surface area (Å²) >= 11 is 5.88. The molecular formula is C11H13ClO2. The number of alkyl halides is 1. The van der Waals surface area contributed by atoms with Gasteiger partial charge in [0, 0.05) is 0 Å². The third-order valence-corrected chi connectivity index (χ3v) is 2.52. The minimum Gasteiger partial charge on any atom is -0.468 e. The molecule has 0 amide bonds. The predicted molar refractivity (Wildman–Crippen MR) is 56.4 cm³/mol. The van der Waals surface area contributed by atoms with Crippen LogP contribution in [0.2, 0.25) is 0 Å². The first-order valence-electron chi connectivity index (χ1n) is 4.49. The van der Waals surface area contributed by atoms with Gasteiger partial charge >= 0.3 is 5.97 Å². The van der Waals surface area contributed by atoms with Crippen LogP contribution in [0.5, 0.6) is 0 Å². The number of benzene rings is 1. The smallest absolute Gasteiger partial charge is 0.328 e. The van der Waals surface area contributed by atoms with Gasteiger partial charge in [0.15, 0.2) is 5.38 Å². The minimum atomic E-state index is -0.703. The maximum atomic E-state index is 11.1. The number of methoxy groups -OCH3 is 1. The lowest BCUT2D eigenvalue weighted by atomic mass is 10.1. The summed E-state index contributed by atoms with van der Waals surface area (Å²) in [4.78, 5) is 11.1. The second kappa shape index (κ2) is 5.01. The average Bonchev–Trinajstić information content (AvgIpc) is 2.27. The van der Waals surface area contributed by atoms with Gasteiger partial charge in [-0.3, -0.25) is 4.79 Å². The SMILES string of the molecule is CCc1ccc([C@@H](Cl)C(=O)OC)cc1. The fourth-order valence-corrected chi connectivity index (χ4v) is 1.40. The largest absolute Gasteiger partial charge is 0.468 e. The van der Waals surface area contributed by atoms with Gasteiger partial charge in [0.2, 0.25) is 0 Å². The second-order valence-corrected chi connectivity index (χ2v) is 3.42. The molecule has 14 heavy (non-hydrogen) atoms. The number of carbonyl (C=O) groups is 1. The zero-order chi connectivity index (χ0) is 10.6. The Hall–Kier alpha value is -1.02. The van der Waals surface area contributed by atoms with E-state index in [2.05, 4.69) is 11.7 Å². The molecule has 0 heterocycles. The normalized spacial score (nSPS) is 12.2. The van der Waals surface area contributed by atoms with Crippen molar-refractivity contribution >= 4 is 17.6 Å². The first-order valence-corrected chi connectivity index (χ1v) is 4.93. The average molecular weight is 213 g/mol. The fourth-order valence-electron chi connectivity index (χ4n) is 1.16. The van der Waals surface area contributed by atoms with Crippen molar-refractivity contribution in [1.82, 2.24) is 0 Å². The molecule has 0 aliphatic carbocycles. The Bertz CT molecular complexity index is 306. The van der Waals surface area contributed by atoms with Gasteiger partial charge in [-0.15, -0.1) is 11.6 Å². The Morgan fingerprint density at radius 3 is 2.43 bits per heavy atom. The summed E-state index contributed by atoms with van der Waals surface area (Å²) in [7, 11) is 1.33. The minimum absolute atomic E-state index is 0.420. The predicted octanol–water partition coefficient (Wildman–Crippen LogP) is 2.70. The van der Waals surface area contributed by atoms with E-state index in [0.717, 1.165) is 12.0 Å². The van der Waals surface area contributed by atoms with Crippen LogP contribution in [0.4, 0.5) is 0 Å². The van der Waals surface area contributed by atoms with Crippen molar-refractivity contribution in [3.05, 3.63) is 35.4 Å². The van der Waals surface area contributed by atoms with Gasteiger partial charge in [0.05, 0.1) is 7.11 Å². The number of rotatable bonds is 3. The summed E-state index contributed by atoms with van der Waals surface area (Å²) in [6.07, 6.45) is 0.978. The molecule has 1 atom stereocenters. The van der Waals surface area contributed by atoms with E-state index in [1.54, 1.807) is 0 Å². The van der Waals surface area contributed by atoms with Gasteiger partial charge in [-0.1, -0.05) is 31.2 Å². The van der Waals surface area contributed by atoms with Crippen molar-refractivity contribution in [2.45, 2.75) is 18.7 Å². The molecule has 0 saturated heterocycles. The van der Waals surface area contributed by atoms with Gasteiger partial charge in [0.1, 0.15) is 0 Å². The molecule has 3 heteroatoms. The molecular weight excluding hydrogens is 200 g/mol. The number of hydrogen-bond acceptors (Lipinski definition) is 2. The van der Waals surface area contributed by atoms with Crippen LogP contribution in [0.3, 0.4) is 0 Å². The highest BCUT2D eigenvalue weighted by Gasteiger charge is 2.17. The molecule has 1 aromatic rings. The first-order chi connectivity index (χ1) is 6.69. The topological polar surface area (TPSA) is 26.3 Å². The molecule has 0 aliphatic rings. The second-order valence-electron chi connectivity index (χ2n) is 2.98. The molecule has 0 bridgehead atoms. The molecule has 0 radical (unpaired) electrons. The van der Waals surface area contributed by atoms with E-state index in [1.807, 2.05) is 24.3 Å². The Kier molecular flexibility index (Phi) is 3.96. The van der Waals surface area contributed by atoms with Crippen molar-refractivity contribution in [2.24, 2.45) is 0 Å². The van der Waals surface area contributed by atoms with Gasteiger partial charge < -0.3 is 4.74 Å². The zero-order valence-corrected chi connectivity index (χ0v) is 9.04. The van der Waals surface area contributed by atoms with Crippen LogP contribution in [0.15, 0.2) is 24.3 Å². The lowest BCUT2D eigenvalue weighted by molar-refractivity contribution is -0.140. The number of esters is 1. The van der Waals surface area contributed by atoms with Crippen molar-refractivity contribution in [1.29, 1.82) is 0 Å². The zero-order valence-electron chi connectivity index (χ0n) is 8.29. The van der Waals surface area contributed by atoms with Crippen LogP contribution >= 0.6 is 11.6 Å². The van der Waals surface area contributed by atoms with E-state index in [4.69, 9.17) is 11.6 Å². The monoisotopic (exact) mass is 212 g/mol. The first kappa shape index (κ1) is 11.1. The van der Waals surface area contributed by atoms with Crippen molar-refractivity contribution in [3.8, 4) is 0 Å². The molecule has 0 spiro atoms. The van der Waals surface area contributed by atoms with E-state index in [0.29, 0.717) is 0 Å². The van der Waals surface area contributed by atoms with Gasteiger partial charge in [-0.25, -0.2) is 0 Å². The van der Waals surface area contributed by atoms with E-state index in [-0.39, 0.29) is 0 Å². The molecule has 0 aliphatic heterocycles. The van der Waals surface area contributed by atoms with Crippen molar-refractivity contribution in [3.63, 3.8) is 0 Å². The van der Waals surface area contributed by atoms with Gasteiger partial charge in [-0.05, 0) is 17.5 Å². The third kappa shape index (κ3) is 2.48. The van der Waals surface area contributed by atoms with Gasteiger partial charge in [-0.2, -0.15) is 0 Å². The van der Waals surface area contributed by atoms with Crippen LogP contribution in [-0.4, -0.2) is 13.1 Å². The maximum Gasteiger partial charge on any atom is 0.328 e. The molecule has 0 N–H and O–H groups in total. The third-order valence-electron chi connectivity index (χ3n) is 2.09. The summed E-state index contributed by atoms with van der Waals surface area (Å²) in [6.45, 7) is 2.08. The molecule has 0 fully saturated rings. The van der Waals surface area contributed by atoms with E-state index in [1.165, 1.54) is 12.7 Å². The summed E-state index contributed by atoms with van der Waals surface area (Å²) in [5.74, 6) is -0.420. The quantitative estimate of drug-likeness (QED) is 0.569. The highest BCUT2D eigenvalue weighted by Crippen LogP contribution is 2.22. The van der Waals surface area contributed by atoms with Crippen LogP contribution in [0, 0.1) is 0 Å². The Morgan fingerprint density at radius 1 is 1.43 bits per heavy atom. The van der Waals surface area contributed by atoms with Gasteiger partial charge in [0.25, 0.3) is 0 Å². The van der Waals surface area contributed by atoms with Crippen LogP contribution in [-0.2, 0) is 16.0 Å². The lowest BCUT2D eigenvalue weighted by Gasteiger charge is -2.07. The summed E-state index contributed by atoms with van der Waals surface area (Å²) in [6, 6.07) is 7.64. The summed E-state index contributed by atoms with van der Waals surface area (Å²) in [5, 5.41) is -0.703. The summed E-state index contributed by atoms with van der Waals surface area (Å²) in [5.41, 5.74) is 2.00. The lowest BCUT2D eigenvalue weighted by Crippen LogP contribution is -2.08. The molecule has 0 unspecified atom stereocenters.